The third-order valence-electron chi connectivity index (χ3n) is 6.12. The van der Waals surface area contributed by atoms with Gasteiger partial charge in [0, 0.05) is 37.4 Å². The van der Waals surface area contributed by atoms with Crippen LogP contribution in [0.25, 0.3) is 11.1 Å². The Morgan fingerprint density at radius 1 is 0.824 bits per heavy atom. The molecule has 1 N–H and O–H groups in total. The third-order valence-corrected chi connectivity index (χ3v) is 6.12. The lowest BCUT2D eigenvalue weighted by Crippen LogP contribution is -2.54. The summed E-state index contributed by atoms with van der Waals surface area (Å²) in [5, 5.41) is 3.05. The lowest BCUT2D eigenvalue weighted by atomic mass is 10.0. The van der Waals surface area contributed by atoms with Crippen molar-refractivity contribution >= 4 is 17.5 Å². The van der Waals surface area contributed by atoms with Gasteiger partial charge in [0.15, 0.2) is 11.5 Å². The summed E-state index contributed by atoms with van der Waals surface area (Å²) in [6.45, 7) is 2.84. The number of rotatable bonds is 5. The molecule has 0 saturated carbocycles. The van der Waals surface area contributed by atoms with Crippen molar-refractivity contribution in [2.45, 2.75) is 6.10 Å². The van der Waals surface area contributed by atoms with Crippen molar-refractivity contribution in [2.24, 2.45) is 0 Å². The molecular weight excluding hydrogens is 430 g/mol. The standard InChI is InChI=1S/C27H27N3O4/c31-26(28-22-11-5-4-10-21(22)20-8-2-1-3-9-20)18-29-14-16-30(17-15-29)27(32)25-19-33-23-12-6-7-13-24(23)34-25/h1-13,25H,14-19H2,(H,28,31)/t25-/m1/s1. The molecule has 174 valence electrons. The summed E-state index contributed by atoms with van der Waals surface area (Å²) in [5.74, 6) is 1.12. The van der Waals surface area contributed by atoms with E-state index in [2.05, 4.69) is 10.2 Å². The smallest absolute Gasteiger partial charge is 0.267 e. The maximum Gasteiger partial charge on any atom is 0.267 e. The fourth-order valence-corrected chi connectivity index (χ4v) is 4.33. The van der Waals surface area contributed by atoms with Crippen molar-refractivity contribution in [1.82, 2.24) is 9.80 Å². The monoisotopic (exact) mass is 457 g/mol. The molecule has 2 heterocycles. The first kappa shape index (κ1) is 22.0. The Morgan fingerprint density at radius 2 is 1.50 bits per heavy atom. The summed E-state index contributed by atoms with van der Waals surface area (Å²) in [6, 6.07) is 25.2. The molecule has 0 aromatic heterocycles. The van der Waals surface area contributed by atoms with Crippen molar-refractivity contribution < 1.29 is 19.1 Å². The van der Waals surface area contributed by atoms with Gasteiger partial charge in [0.1, 0.15) is 6.61 Å². The van der Waals surface area contributed by atoms with E-state index in [0.717, 1.165) is 16.8 Å². The van der Waals surface area contributed by atoms with E-state index in [-0.39, 0.29) is 25.0 Å². The predicted molar refractivity (Wildman–Crippen MR) is 130 cm³/mol. The highest BCUT2D eigenvalue weighted by molar-refractivity contribution is 5.96. The normalized spacial score (nSPS) is 17.8. The van der Waals surface area contributed by atoms with E-state index in [0.29, 0.717) is 37.7 Å². The molecule has 0 unspecified atom stereocenters. The number of para-hydroxylation sites is 3. The maximum atomic E-state index is 12.9. The second kappa shape index (κ2) is 9.97. The minimum atomic E-state index is -0.640. The SMILES string of the molecule is O=C(CN1CCN(C(=O)[C@H]2COc3ccccc3O2)CC1)Nc1ccccc1-c1ccccc1. The number of hydrogen-bond donors (Lipinski definition) is 1. The Hall–Kier alpha value is -3.84. The van der Waals surface area contributed by atoms with Crippen LogP contribution in [0.15, 0.2) is 78.9 Å². The van der Waals surface area contributed by atoms with Gasteiger partial charge >= 0.3 is 0 Å². The molecule has 7 heteroatoms. The molecule has 0 spiro atoms. The zero-order chi connectivity index (χ0) is 23.3. The Morgan fingerprint density at radius 3 is 2.29 bits per heavy atom. The molecule has 0 bridgehead atoms. The molecule has 34 heavy (non-hydrogen) atoms. The molecule has 0 radical (unpaired) electrons. The highest BCUT2D eigenvalue weighted by atomic mass is 16.6. The Labute approximate surface area is 198 Å². The molecule has 3 aromatic carbocycles. The fraction of sp³-hybridized carbons (Fsp3) is 0.259. The van der Waals surface area contributed by atoms with Crippen LogP contribution >= 0.6 is 0 Å². The van der Waals surface area contributed by atoms with E-state index in [9.17, 15) is 9.59 Å². The number of ether oxygens (including phenoxy) is 2. The average Bonchev–Trinajstić information content (AvgIpc) is 2.89. The lowest BCUT2D eigenvalue weighted by Gasteiger charge is -2.36. The Kier molecular flexibility index (Phi) is 6.44. The van der Waals surface area contributed by atoms with Gasteiger partial charge in [-0.25, -0.2) is 0 Å². The highest BCUT2D eigenvalue weighted by Gasteiger charge is 2.32. The molecule has 1 atom stereocenters. The molecule has 7 nitrogen and oxygen atoms in total. The maximum absolute atomic E-state index is 12.9. The zero-order valence-electron chi connectivity index (χ0n) is 18.9. The van der Waals surface area contributed by atoms with Gasteiger partial charge in [-0.2, -0.15) is 0 Å². The predicted octanol–water partition coefficient (Wildman–Crippen LogP) is 3.28. The van der Waals surface area contributed by atoms with Crippen molar-refractivity contribution in [1.29, 1.82) is 0 Å². The first-order valence-corrected chi connectivity index (χ1v) is 11.5. The summed E-state index contributed by atoms with van der Waals surface area (Å²) >= 11 is 0. The number of carbonyl (C=O) groups excluding carboxylic acids is 2. The molecular formula is C27H27N3O4. The van der Waals surface area contributed by atoms with Crippen molar-refractivity contribution in [2.75, 3.05) is 44.6 Å². The van der Waals surface area contributed by atoms with Crippen LogP contribution in [-0.4, -0.2) is 67.0 Å². The highest BCUT2D eigenvalue weighted by Crippen LogP contribution is 2.31. The summed E-state index contributed by atoms with van der Waals surface area (Å²) in [7, 11) is 0. The summed E-state index contributed by atoms with van der Waals surface area (Å²) < 4.78 is 11.5. The quantitative estimate of drug-likeness (QED) is 0.637. The second-order valence-corrected chi connectivity index (χ2v) is 8.43. The van der Waals surface area contributed by atoms with Gasteiger partial charge in [0.2, 0.25) is 12.0 Å². The van der Waals surface area contributed by atoms with Crippen LogP contribution in [0.1, 0.15) is 0 Å². The van der Waals surface area contributed by atoms with Crippen LogP contribution in [0, 0.1) is 0 Å². The molecule has 2 amide bonds. The van der Waals surface area contributed by atoms with Gasteiger partial charge in [-0.05, 0) is 23.8 Å². The van der Waals surface area contributed by atoms with Crippen LogP contribution in [0.3, 0.4) is 0 Å². The first-order chi connectivity index (χ1) is 16.7. The molecule has 1 fully saturated rings. The molecule has 1 saturated heterocycles. The van der Waals surface area contributed by atoms with Crippen LogP contribution in [0.5, 0.6) is 11.5 Å². The Balaban J connectivity index is 1.13. The van der Waals surface area contributed by atoms with Crippen LogP contribution in [-0.2, 0) is 9.59 Å². The van der Waals surface area contributed by atoms with Gasteiger partial charge in [-0.15, -0.1) is 0 Å². The molecule has 2 aliphatic rings. The van der Waals surface area contributed by atoms with E-state index in [1.807, 2.05) is 72.8 Å². The summed E-state index contributed by atoms with van der Waals surface area (Å²) in [6.07, 6.45) is -0.640. The number of carbonyl (C=O) groups is 2. The molecule has 2 aliphatic heterocycles. The van der Waals surface area contributed by atoms with E-state index in [1.165, 1.54) is 0 Å². The average molecular weight is 458 g/mol. The third kappa shape index (κ3) is 4.89. The fourth-order valence-electron chi connectivity index (χ4n) is 4.33. The number of piperazine rings is 1. The number of fused-ring (bicyclic) bond motifs is 1. The van der Waals surface area contributed by atoms with Gasteiger partial charge in [-0.1, -0.05) is 60.7 Å². The number of amides is 2. The van der Waals surface area contributed by atoms with Crippen LogP contribution in [0.4, 0.5) is 5.69 Å². The van der Waals surface area contributed by atoms with E-state index < -0.39 is 6.10 Å². The zero-order valence-corrected chi connectivity index (χ0v) is 18.9. The molecule has 0 aliphatic carbocycles. The molecule has 3 aromatic rings. The summed E-state index contributed by atoms with van der Waals surface area (Å²) in [5.41, 5.74) is 2.84. The van der Waals surface area contributed by atoms with Gasteiger partial charge in [0.25, 0.3) is 5.91 Å². The number of anilines is 1. The van der Waals surface area contributed by atoms with Gasteiger partial charge < -0.3 is 19.7 Å². The number of hydrogen-bond acceptors (Lipinski definition) is 5. The first-order valence-electron chi connectivity index (χ1n) is 11.5. The number of nitrogens with one attached hydrogen (secondary N) is 1. The van der Waals surface area contributed by atoms with E-state index >= 15 is 0 Å². The topological polar surface area (TPSA) is 71.1 Å². The van der Waals surface area contributed by atoms with Gasteiger partial charge in [0.05, 0.1) is 6.54 Å². The van der Waals surface area contributed by atoms with Crippen LogP contribution in [0.2, 0.25) is 0 Å². The Bertz CT molecular complexity index is 1160. The van der Waals surface area contributed by atoms with Crippen molar-refractivity contribution in [3.05, 3.63) is 78.9 Å². The van der Waals surface area contributed by atoms with Crippen molar-refractivity contribution in [3.8, 4) is 22.6 Å². The van der Waals surface area contributed by atoms with Gasteiger partial charge in [-0.3, -0.25) is 14.5 Å². The largest absolute Gasteiger partial charge is 0.485 e. The van der Waals surface area contributed by atoms with E-state index in [4.69, 9.17) is 9.47 Å². The second-order valence-electron chi connectivity index (χ2n) is 8.43. The number of nitrogens with zero attached hydrogens (tertiary/aromatic N) is 2. The molecule has 5 rings (SSSR count). The van der Waals surface area contributed by atoms with Crippen LogP contribution < -0.4 is 14.8 Å². The minimum Gasteiger partial charge on any atom is -0.485 e. The summed E-state index contributed by atoms with van der Waals surface area (Å²) in [4.78, 5) is 29.6. The lowest BCUT2D eigenvalue weighted by molar-refractivity contribution is -0.143. The minimum absolute atomic E-state index is 0.0659. The van der Waals surface area contributed by atoms with E-state index in [1.54, 1.807) is 11.0 Å². The van der Waals surface area contributed by atoms with Crippen molar-refractivity contribution in [3.63, 3.8) is 0 Å². The number of benzene rings is 3.